The highest BCUT2D eigenvalue weighted by Gasteiger charge is 2.38. The number of fused-ring (bicyclic) bond motifs is 2. The van der Waals surface area contributed by atoms with E-state index < -0.39 is 0 Å². The number of carbonyl (C=O) groups excluding carboxylic acids is 1. The molecule has 1 atom stereocenters. The summed E-state index contributed by atoms with van der Waals surface area (Å²) < 4.78 is 5.76. The van der Waals surface area contributed by atoms with Crippen molar-refractivity contribution in [2.75, 3.05) is 5.32 Å². The van der Waals surface area contributed by atoms with E-state index in [0.29, 0.717) is 28.2 Å². The predicted molar refractivity (Wildman–Crippen MR) is 101 cm³/mol. The molecule has 0 spiro atoms. The monoisotopic (exact) mass is 363 g/mol. The zero-order valence-corrected chi connectivity index (χ0v) is 15.4. The van der Waals surface area contributed by atoms with Crippen LogP contribution >= 0.6 is 0 Å². The van der Waals surface area contributed by atoms with Gasteiger partial charge in [0.15, 0.2) is 0 Å². The summed E-state index contributed by atoms with van der Waals surface area (Å²) in [7, 11) is 0. The molecule has 7 heteroatoms. The molecule has 1 saturated carbocycles. The molecule has 0 radical (unpaired) electrons. The maximum atomic E-state index is 13.2. The van der Waals surface area contributed by atoms with E-state index in [9.17, 15) is 4.79 Å². The van der Waals surface area contributed by atoms with Crippen LogP contribution in [0.15, 0.2) is 29.1 Å². The first-order valence-corrected chi connectivity index (χ1v) is 9.31. The molecule has 2 aliphatic carbocycles. The zero-order chi connectivity index (χ0) is 18.6. The molecule has 3 aromatic rings. The van der Waals surface area contributed by atoms with Crippen LogP contribution in [0.25, 0.3) is 11.1 Å². The lowest BCUT2D eigenvalue weighted by molar-refractivity contribution is 0.0936. The SMILES string of the molecule is Cc1oc2ncnc(NC3(C)CC3)c2c1C(=O)NC1CCc2cccnc21. The number of nitrogens with one attached hydrogen (secondary N) is 2. The second kappa shape index (κ2) is 5.77. The first kappa shape index (κ1) is 16.2. The number of anilines is 1. The van der Waals surface area contributed by atoms with Crippen LogP contribution in [0.3, 0.4) is 0 Å². The minimum atomic E-state index is -0.173. The Morgan fingerprint density at radius 2 is 2.15 bits per heavy atom. The third kappa shape index (κ3) is 2.74. The first-order chi connectivity index (χ1) is 13.0. The summed E-state index contributed by atoms with van der Waals surface area (Å²) in [5, 5.41) is 7.23. The Morgan fingerprint density at radius 1 is 1.30 bits per heavy atom. The minimum Gasteiger partial charge on any atom is -0.442 e. The molecule has 2 N–H and O–H groups in total. The van der Waals surface area contributed by atoms with Gasteiger partial charge in [-0.3, -0.25) is 9.78 Å². The van der Waals surface area contributed by atoms with Crippen molar-refractivity contribution in [2.45, 2.75) is 51.1 Å². The summed E-state index contributed by atoms with van der Waals surface area (Å²) in [6, 6.07) is 3.92. The van der Waals surface area contributed by atoms with E-state index in [-0.39, 0.29) is 17.5 Å². The Bertz CT molecular complexity index is 1050. The fourth-order valence-electron chi connectivity index (χ4n) is 3.79. The predicted octanol–water partition coefficient (Wildman–Crippen LogP) is 3.31. The standard InChI is InChI=1S/C20H21N5O2/c1-11-14(18(26)24-13-6-5-12-4-3-9-21-16(12)13)15-17(25-20(2)7-8-20)22-10-23-19(15)27-11/h3-4,9-10,13H,5-8H2,1-2H3,(H,24,26)(H,22,23,25). The molecule has 138 valence electrons. The number of rotatable bonds is 4. The molecule has 1 amide bonds. The van der Waals surface area contributed by atoms with Gasteiger partial charge < -0.3 is 15.1 Å². The lowest BCUT2D eigenvalue weighted by Gasteiger charge is -2.15. The van der Waals surface area contributed by atoms with E-state index in [1.54, 1.807) is 13.1 Å². The second-order valence-corrected chi connectivity index (χ2v) is 7.73. The van der Waals surface area contributed by atoms with Crippen LogP contribution in [0.4, 0.5) is 5.82 Å². The topological polar surface area (TPSA) is 92.9 Å². The summed E-state index contributed by atoms with van der Waals surface area (Å²) in [5.74, 6) is 1.03. The Kier molecular flexibility index (Phi) is 3.47. The Labute approximate surface area is 156 Å². The largest absolute Gasteiger partial charge is 0.442 e. The number of amides is 1. The maximum absolute atomic E-state index is 13.2. The Morgan fingerprint density at radius 3 is 2.96 bits per heavy atom. The number of nitrogens with zero attached hydrogens (tertiary/aromatic N) is 3. The fourth-order valence-corrected chi connectivity index (χ4v) is 3.79. The van der Waals surface area contributed by atoms with Crippen molar-refractivity contribution in [1.82, 2.24) is 20.3 Å². The van der Waals surface area contributed by atoms with E-state index in [1.807, 2.05) is 6.07 Å². The van der Waals surface area contributed by atoms with Crippen molar-refractivity contribution in [2.24, 2.45) is 0 Å². The van der Waals surface area contributed by atoms with Gasteiger partial charge in [-0.25, -0.2) is 9.97 Å². The van der Waals surface area contributed by atoms with Gasteiger partial charge in [-0.2, -0.15) is 0 Å². The molecule has 3 aromatic heterocycles. The Hall–Kier alpha value is -2.96. The number of carbonyl (C=O) groups is 1. The normalized spacial score (nSPS) is 19.7. The molecule has 1 unspecified atom stereocenters. The van der Waals surface area contributed by atoms with Crippen molar-refractivity contribution < 1.29 is 9.21 Å². The summed E-state index contributed by atoms with van der Waals surface area (Å²) in [5.41, 5.74) is 3.13. The van der Waals surface area contributed by atoms with Gasteiger partial charge in [0.25, 0.3) is 5.91 Å². The van der Waals surface area contributed by atoms with Gasteiger partial charge in [-0.05, 0) is 51.2 Å². The van der Waals surface area contributed by atoms with Gasteiger partial charge in [0, 0.05) is 11.7 Å². The summed E-state index contributed by atoms with van der Waals surface area (Å²) in [6.45, 7) is 3.94. The molecule has 0 bridgehead atoms. The molecule has 0 saturated heterocycles. The molecule has 2 aliphatic rings. The number of hydrogen-bond donors (Lipinski definition) is 2. The lowest BCUT2D eigenvalue weighted by Crippen LogP contribution is -2.28. The molecule has 0 aromatic carbocycles. The number of pyridine rings is 1. The van der Waals surface area contributed by atoms with Crippen LogP contribution in [0.1, 0.15) is 59.6 Å². The Balaban J connectivity index is 1.51. The molecule has 3 heterocycles. The van der Waals surface area contributed by atoms with E-state index in [2.05, 4.69) is 38.6 Å². The lowest BCUT2D eigenvalue weighted by atomic mass is 10.1. The molecular formula is C20H21N5O2. The van der Waals surface area contributed by atoms with E-state index in [0.717, 1.165) is 31.4 Å². The quantitative estimate of drug-likeness (QED) is 0.739. The molecule has 27 heavy (non-hydrogen) atoms. The van der Waals surface area contributed by atoms with Crippen molar-refractivity contribution in [3.05, 3.63) is 47.2 Å². The van der Waals surface area contributed by atoms with Gasteiger partial charge >= 0.3 is 0 Å². The maximum Gasteiger partial charge on any atom is 0.256 e. The van der Waals surface area contributed by atoms with E-state index in [4.69, 9.17) is 4.42 Å². The summed E-state index contributed by atoms with van der Waals surface area (Å²) in [6.07, 6.45) is 7.19. The van der Waals surface area contributed by atoms with E-state index in [1.165, 1.54) is 11.9 Å². The van der Waals surface area contributed by atoms with Crippen molar-refractivity contribution >= 4 is 22.8 Å². The number of aromatic nitrogens is 3. The molecular weight excluding hydrogens is 342 g/mol. The average Bonchev–Trinajstić information content (AvgIpc) is 3.09. The fraction of sp³-hybridized carbons (Fsp3) is 0.400. The summed E-state index contributed by atoms with van der Waals surface area (Å²) in [4.78, 5) is 26.2. The number of furan rings is 1. The highest BCUT2D eigenvalue weighted by molar-refractivity contribution is 6.10. The van der Waals surface area contributed by atoms with Crippen LogP contribution in [-0.2, 0) is 6.42 Å². The zero-order valence-electron chi connectivity index (χ0n) is 15.4. The average molecular weight is 363 g/mol. The van der Waals surface area contributed by atoms with Crippen molar-refractivity contribution in [3.8, 4) is 0 Å². The minimum absolute atomic E-state index is 0.0362. The molecule has 7 nitrogen and oxygen atoms in total. The van der Waals surface area contributed by atoms with Gasteiger partial charge in [0.05, 0.1) is 22.7 Å². The van der Waals surface area contributed by atoms with Crippen LogP contribution in [0.2, 0.25) is 0 Å². The second-order valence-electron chi connectivity index (χ2n) is 7.73. The summed E-state index contributed by atoms with van der Waals surface area (Å²) >= 11 is 0. The van der Waals surface area contributed by atoms with Crippen LogP contribution in [-0.4, -0.2) is 26.4 Å². The third-order valence-electron chi connectivity index (χ3n) is 5.58. The van der Waals surface area contributed by atoms with Crippen LogP contribution in [0, 0.1) is 6.92 Å². The number of hydrogen-bond acceptors (Lipinski definition) is 6. The molecule has 1 fully saturated rings. The van der Waals surface area contributed by atoms with Gasteiger partial charge in [0.1, 0.15) is 17.9 Å². The van der Waals surface area contributed by atoms with Crippen molar-refractivity contribution in [3.63, 3.8) is 0 Å². The van der Waals surface area contributed by atoms with E-state index >= 15 is 0 Å². The van der Waals surface area contributed by atoms with Gasteiger partial charge in [0.2, 0.25) is 5.71 Å². The highest BCUT2D eigenvalue weighted by Crippen LogP contribution is 2.40. The third-order valence-corrected chi connectivity index (χ3v) is 5.58. The van der Waals surface area contributed by atoms with Gasteiger partial charge in [-0.15, -0.1) is 0 Å². The highest BCUT2D eigenvalue weighted by atomic mass is 16.3. The van der Waals surface area contributed by atoms with Crippen LogP contribution in [0.5, 0.6) is 0 Å². The van der Waals surface area contributed by atoms with Crippen LogP contribution < -0.4 is 10.6 Å². The smallest absolute Gasteiger partial charge is 0.256 e. The molecule has 0 aliphatic heterocycles. The number of aryl methyl sites for hydroxylation is 2. The van der Waals surface area contributed by atoms with Gasteiger partial charge in [-0.1, -0.05) is 6.07 Å². The first-order valence-electron chi connectivity index (χ1n) is 9.31. The molecule has 5 rings (SSSR count). The van der Waals surface area contributed by atoms with Crippen molar-refractivity contribution in [1.29, 1.82) is 0 Å².